The van der Waals surface area contributed by atoms with Crippen molar-refractivity contribution in [2.45, 2.75) is 70.9 Å². The molecule has 0 unspecified atom stereocenters. The van der Waals surface area contributed by atoms with E-state index in [0.29, 0.717) is 6.10 Å². The van der Waals surface area contributed by atoms with Crippen LogP contribution in [0.3, 0.4) is 0 Å². The van der Waals surface area contributed by atoms with Gasteiger partial charge < -0.3 is 10.1 Å². The fourth-order valence-electron chi connectivity index (χ4n) is 2.18. The van der Waals surface area contributed by atoms with Crippen molar-refractivity contribution in [3.63, 3.8) is 0 Å². The Morgan fingerprint density at radius 1 is 1.13 bits per heavy atom. The van der Waals surface area contributed by atoms with Crippen molar-refractivity contribution in [2.75, 3.05) is 13.2 Å². The van der Waals surface area contributed by atoms with Gasteiger partial charge in [-0.2, -0.15) is 0 Å². The minimum atomic E-state index is 0.378. The van der Waals surface area contributed by atoms with Crippen molar-refractivity contribution in [1.82, 2.24) is 5.32 Å². The highest BCUT2D eigenvalue weighted by Crippen LogP contribution is 2.16. The minimum Gasteiger partial charge on any atom is -0.379 e. The molecule has 0 amide bonds. The van der Waals surface area contributed by atoms with E-state index in [2.05, 4.69) is 19.2 Å². The van der Waals surface area contributed by atoms with Crippen LogP contribution in [0, 0.1) is 0 Å². The van der Waals surface area contributed by atoms with Crippen LogP contribution in [0.5, 0.6) is 0 Å². The van der Waals surface area contributed by atoms with Crippen molar-refractivity contribution < 1.29 is 4.74 Å². The van der Waals surface area contributed by atoms with Gasteiger partial charge in [0.2, 0.25) is 0 Å². The Morgan fingerprint density at radius 3 is 2.40 bits per heavy atom. The Balaban J connectivity index is 1.94. The Morgan fingerprint density at radius 2 is 1.80 bits per heavy atom. The second-order valence-corrected chi connectivity index (χ2v) is 4.92. The number of ether oxygens (including phenoxy) is 1. The van der Waals surface area contributed by atoms with E-state index in [-0.39, 0.29) is 0 Å². The monoisotopic (exact) mass is 213 g/mol. The second-order valence-electron chi connectivity index (χ2n) is 4.92. The van der Waals surface area contributed by atoms with Crippen LogP contribution in [0.2, 0.25) is 0 Å². The molecule has 15 heavy (non-hydrogen) atoms. The maximum absolute atomic E-state index is 5.52. The predicted molar refractivity (Wildman–Crippen MR) is 65.2 cm³/mol. The third-order valence-corrected chi connectivity index (χ3v) is 3.06. The Labute approximate surface area is 94.8 Å². The summed E-state index contributed by atoms with van der Waals surface area (Å²) in [6.07, 6.45) is 10.00. The Kier molecular flexibility index (Phi) is 7.03. The van der Waals surface area contributed by atoms with Gasteiger partial charge in [0.1, 0.15) is 0 Å². The quantitative estimate of drug-likeness (QED) is 0.541. The molecule has 1 rings (SSSR count). The van der Waals surface area contributed by atoms with E-state index in [1.54, 1.807) is 0 Å². The molecule has 90 valence electrons. The summed E-state index contributed by atoms with van der Waals surface area (Å²) in [5.74, 6) is 0. The SMILES string of the molecule is CC(C)OCCCNC1CCCCCC1. The summed E-state index contributed by atoms with van der Waals surface area (Å²) in [4.78, 5) is 0. The van der Waals surface area contributed by atoms with E-state index >= 15 is 0 Å². The van der Waals surface area contributed by atoms with Gasteiger partial charge in [-0.3, -0.25) is 0 Å². The lowest BCUT2D eigenvalue weighted by molar-refractivity contribution is 0.0766. The van der Waals surface area contributed by atoms with Crippen LogP contribution >= 0.6 is 0 Å². The summed E-state index contributed by atoms with van der Waals surface area (Å²) in [6, 6.07) is 0.784. The molecule has 1 N–H and O–H groups in total. The standard InChI is InChI=1S/C13H27NO/c1-12(2)15-11-7-10-14-13-8-5-3-4-6-9-13/h12-14H,3-11H2,1-2H3. The number of nitrogens with one attached hydrogen (secondary N) is 1. The fraction of sp³-hybridized carbons (Fsp3) is 1.00. The van der Waals surface area contributed by atoms with Crippen LogP contribution in [0.25, 0.3) is 0 Å². The Hall–Kier alpha value is -0.0800. The zero-order valence-corrected chi connectivity index (χ0v) is 10.4. The highest BCUT2D eigenvalue weighted by Gasteiger charge is 2.10. The minimum absolute atomic E-state index is 0.378. The summed E-state index contributed by atoms with van der Waals surface area (Å²) in [6.45, 7) is 6.21. The molecule has 1 saturated carbocycles. The third-order valence-electron chi connectivity index (χ3n) is 3.06. The molecule has 0 saturated heterocycles. The summed E-state index contributed by atoms with van der Waals surface area (Å²) in [7, 11) is 0. The average Bonchev–Trinajstić information content (AvgIpc) is 2.45. The van der Waals surface area contributed by atoms with E-state index in [9.17, 15) is 0 Å². The molecule has 2 nitrogen and oxygen atoms in total. The maximum atomic E-state index is 5.52. The molecular weight excluding hydrogens is 186 g/mol. The van der Waals surface area contributed by atoms with Gasteiger partial charge in [-0.1, -0.05) is 25.7 Å². The van der Waals surface area contributed by atoms with E-state index < -0.39 is 0 Å². The maximum Gasteiger partial charge on any atom is 0.0518 e. The summed E-state index contributed by atoms with van der Waals surface area (Å²) < 4.78 is 5.52. The van der Waals surface area contributed by atoms with Crippen LogP contribution in [0.4, 0.5) is 0 Å². The summed E-state index contributed by atoms with van der Waals surface area (Å²) >= 11 is 0. The molecule has 0 heterocycles. The van der Waals surface area contributed by atoms with Crippen LogP contribution in [0.15, 0.2) is 0 Å². The van der Waals surface area contributed by atoms with E-state index in [1.807, 2.05) is 0 Å². The van der Waals surface area contributed by atoms with Crippen molar-refractivity contribution in [3.05, 3.63) is 0 Å². The molecule has 0 aromatic carbocycles. The van der Waals surface area contributed by atoms with Crippen LogP contribution in [0.1, 0.15) is 58.8 Å². The van der Waals surface area contributed by atoms with Gasteiger partial charge >= 0.3 is 0 Å². The zero-order valence-electron chi connectivity index (χ0n) is 10.4. The summed E-state index contributed by atoms with van der Waals surface area (Å²) in [5, 5.41) is 3.66. The van der Waals surface area contributed by atoms with Crippen molar-refractivity contribution in [2.24, 2.45) is 0 Å². The van der Waals surface area contributed by atoms with Crippen molar-refractivity contribution in [1.29, 1.82) is 0 Å². The smallest absolute Gasteiger partial charge is 0.0518 e. The van der Waals surface area contributed by atoms with Crippen LogP contribution in [-0.4, -0.2) is 25.3 Å². The van der Waals surface area contributed by atoms with Gasteiger partial charge in [-0.15, -0.1) is 0 Å². The first-order valence-corrected chi connectivity index (χ1v) is 6.64. The predicted octanol–water partition coefficient (Wildman–Crippen LogP) is 3.11. The fourth-order valence-corrected chi connectivity index (χ4v) is 2.18. The molecule has 0 bridgehead atoms. The van der Waals surface area contributed by atoms with E-state index in [1.165, 1.54) is 38.5 Å². The molecular formula is C13H27NO. The third kappa shape index (κ3) is 6.91. The van der Waals surface area contributed by atoms with Gasteiger partial charge in [0.15, 0.2) is 0 Å². The first-order chi connectivity index (χ1) is 7.29. The molecule has 0 spiro atoms. The number of hydrogen-bond acceptors (Lipinski definition) is 2. The van der Waals surface area contributed by atoms with Gasteiger partial charge in [0.25, 0.3) is 0 Å². The van der Waals surface area contributed by atoms with E-state index in [4.69, 9.17) is 4.74 Å². The molecule has 1 fully saturated rings. The molecule has 0 aliphatic heterocycles. The van der Waals surface area contributed by atoms with Crippen LogP contribution < -0.4 is 5.32 Å². The lowest BCUT2D eigenvalue weighted by Gasteiger charge is -2.16. The number of rotatable bonds is 6. The molecule has 0 aromatic rings. The van der Waals surface area contributed by atoms with Gasteiger partial charge in [0.05, 0.1) is 6.10 Å². The molecule has 1 aliphatic rings. The lowest BCUT2D eigenvalue weighted by Crippen LogP contribution is -2.30. The lowest BCUT2D eigenvalue weighted by atomic mass is 10.1. The summed E-state index contributed by atoms with van der Waals surface area (Å²) in [5.41, 5.74) is 0. The van der Waals surface area contributed by atoms with Gasteiger partial charge in [-0.05, 0) is 39.7 Å². The van der Waals surface area contributed by atoms with Crippen molar-refractivity contribution in [3.8, 4) is 0 Å². The van der Waals surface area contributed by atoms with E-state index in [0.717, 1.165) is 25.6 Å². The molecule has 0 atom stereocenters. The largest absolute Gasteiger partial charge is 0.379 e. The van der Waals surface area contributed by atoms with Crippen LogP contribution in [-0.2, 0) is 4.74 Å². The van der Waals surface area contributed by atoms with Crippen molar-refractivity contribution >= 4 is 0 Å². The average molecular weight is 213 g/mol. The zero-order chi connectivity index (χ0) is 10.9. The van der Waals surface area contributed by atoms with Gasteiger partial charge in [-0.25, -0.2) is 0 Å². The van der Waals surface area contributed by atoms with Gasteiger partial charge in [0, 0.05) is 12.6 Å². The molecule has 0 aromatic heterocycles. The first-order valence-electron chi connectivity index (χ1n) is 6.64. The highest BCUT2D eigenvalue weighted by atomic mass is 16.5. The Bertz CT molecular complexity index is 139. The first kappa shape index (κ1) is 13.0. The highest BCUT2D eigenvalue weighted by molar-refractivity contribution is 4.70. The number of hydrogen-bond donors (Lipinski definition) is 1. The second kappa shape index (κ2) is 8.12. The molecule has 1 aliphatic carbocycles. The normalized spacial score (nSPS) is 19.4. The molecule has 0 radical (unpaired) electrons. The molecule has 2 heteroatoms. The topological polar surface area (TPSA) is 21.3 Å².